The molecule has 0 bridgehead atoms. The van der Waals surface area contributed by atoms with Gasteiger partial charge in [-0.3, -0.25) is 19.9 Å². The highest BCUT2D eigenvalue weighted by Gasteiger charge is 2.16. The van der Waals surface area contributed by atoms with E-state index < -0.39 is 11.9 Å². The van der Waals surface area contributed by atoms with E-state index in [-0.39, 0.29) is 24.3 Å². The Morgan fingerprint density at radius 3 is 1.11 bits per heavy atom. The van der Waals surface area contributed by atoms with Gasteiger partial charge in [-0.25, -0.2) is 9.59 Å². The van der Waals surface area contributed by atoms with Crippen LogP contribution in [0.15, 0.2) is 73.8 Å². The summed E-state index contributed by atoms with van der Waals surface area (Å²) in [7, 11) is 0. The zero-order chi connectivity index (χ0) is 27.7. The maximum Gasteiger partial charge on any atom is 0.342 e. The molecule has 0 amide bonds. The number of aryl methyl sites for hydroxylation is 4. The van der Waals surface area contributed by atoms with Crippen molar-refractivity contribution in [3.8, 4) is 0 Å². The summed E-state index contributed by atoms with van der Waals surface area (Å²) in [5.74, 6) is -1.15. The number of rotatable bonds is 6. The smallest absolute Gasteiger partial charge is 0.342 e. The molecule has 194 valence electrons. The lowest BCUT2D eigenvalue weighted by Gasteiger charge is -2.07. The summed E-state index contributed by atoms with van der Waals surface area (Å²) < 4.78 is 10.7. The fourth-order valence-electron chi connectivity index (χ4n) is 3.78. The van der Waals surface area contributed by atoms with Crippen LogP contribution in [0.4, 0.5) is 0 Å². The molecule has 0 saturated carbocycles. The van der Waals surface area contributed by atoms with Gasteiger partial charge in [-0.05, 0) is 52.0 Å². The van der Waals surface area contributed by atoms with Gasteiger partial charge in [-0.1, -0.05) is 49.6 Å². The van der Waals surface area contributed by atoms with Crippen LogP contribution in [0.3, 0.4) is 0 Å². The predicted molar refractivity (Wildman–Crippen MR) is 148 cm³/mol. The second kappa shape index (κ2) is 13.0. The first-order valence-electron chi connectivity index (χ1n) is 12.0. The average Bonchev–Trinajstić information content (AvgIpc) is 2.88. The van der Waals surface area contributed by atoms with E-state index in [4.69, 9.17) is 29.4 Å². The maximum atomic E-state index is 13.1. The Balaban J connectivity index is 2.59. The Hall–Kier alpha value is -4.72. The first-order valence-corrected chi connectivity index (χ1v) is 12.0. The highest BCUT2D eigenvalue weighted by molar-refractivity contribution is 5.93. The second-order valence-corrected chi connectivity index (χ2v) is 8.29. The van der Waals surface area contributed by atoms with Crippen LogP contribution in [-0.2, 0) is 9.47 Å². The van der Waals surface area contributed by atoms with Crippen molar-refractivity contribution in [3.63, 3.8) is 0 Å². The molecule has 8 heteroatoms. The van der Waals surface area contributed by atoms with Gasteiger partial charge in [0.25, 0.3) is 0 Å². The van der Waals surface area contributed by atoms with Gasteiger partial charge in [0, 0.05) is 0 Å². The molecule has 3 aromatic rings. The first-order chi connectivity index (χ1) is 18.3. The van der Waals surface area contributed by atoms with Crippen molar-refractivity contribution in [2.24, 2.45) is 0 Å². The third-order valence-corrected chi connectivity index (χ3v) is 5.44. The van der Waals surface area contributed by atoms with E-state index in [1.165, 1.54) is 12.2 Å². The van der Waals surface area contributed by atoms with Crippen LogP contribution in [0.5, 0.6) is 0 Å². The molecule has 0 saturated heterocycles. The first kappa shape index (κ1) is 27.9. The number of para-hydroxylation sites is 4. The summed E-state index contributed by atoms with van der Waals surface area (Å²) in [5.41, 5.74) is 4.00. The molecule has 0 atom stereocenters. The molecule has 3 rings (SSSR count). The van der Waals surface area contributed by atoms with Crippen molar-refractivity contribution < 1.29 is 19.1 Å². The number of nitrogens with zero attached hydrogens (tertiary/aromatic N) is 4. The van der Waals surface area contributed by atoms with E-state index in [0.29, 0.717) is 44.8 Å². The van der Waals surface area contributed by atoms with Gasteiger partial charge < -0.3 is 9.47 Å². The summed E-state index contributed by atoms with van der Waals surface area (Å²) in [6, 6.07) is 14.3. The molecule has 2 aromatic carbocycles. The lowest BCUT2D eigenvalue weighted by atomic mass is 10.1. The zero-order valence-electron chi connectivity index (χ0n) is 22.0. The van der Waals surface area contributed by atoms with Gasteiger partial charge in [0.1, 0.15) is 24.3 Å². The SMILES string of the molecule is C=CCOC(=O)c1c(C)nc2ccccc2nc(C)c(C(=O)OCC=C)c(C)nc2ccccc2nc1C. The third kappa shape index (κ3) is 6.73. The summed E-state index contributed by atoms with van der Waals surface area (Å²) in [6.07, 6.45) is 2.99. The summed E-state index contributed by atoms with van der Waals surface area (Å²) >= 11 is 0. The lowest BCUT2D eigenvalue weighted by molar-refractivity contribution is 0.0537. The van der Waals surface area contributed by atoms with Crippen LogP contribution >= 0.6 is 0 Å². The van der Waals surface area contributed by atoms with E-state index in [0.717, 1.165) is 0 Å². The van der Waals surface area contributed by atoms with Crippen molar-refractivity contribution in [3.05, 3.63) is 108 Å². The number of benzene rings is 2. The molecule has 0 aliphatic rings. The number of carbonyl (C=O) groups is 2. The van der Waals surface area contributed by atoms with Crippen molar-refractivity contribution in [2.45, 2.75) is 27.7 Å². The number of hydrogen-bond donors (Lipinski definition) is 0. The lowest BCUT2D eigenvalue weighted by Crippen LogP contribution is -2.11. The molecule has 8 nitrogen and oxygen atoms in total. The van der Waals surface area contributed by atoms with Gasteiger partial charge in [-0.15, -0.1) is 0 Å². The van der Waals surface area contributed by atoms with Crippen LogP contribution in [0.25, 0.3) is 22.1 Å². The van der Waals surface area contributed by atoms with Gasteiger partial charge >= 0.3 is 11.9 Å². The van der Waals surface area contributed by atoms with Crippen molar-refractivity contribution >= 4 is 34.0 Å². The molecule has 1 heterocycles. The molecule has 0 aliphatic heterocycles. The highest BCUT2D eigenvalue weighted by atomic mass is 16.5. The van der Waals surface area contributed by atoms with Gasteiger partial charge in [0.15, 0.2) is 0 Å². The Morgan fingerprint density at radius 2 is 0.868 bits per heavy atom. The van der Waals surface area contributed by atoms with Crippen molar-refractivity contribution in [2.75, 3.05) is 13.2 Å². The quantitative estimate of drug-likeness (QED) is 0.305. The Bertz CT molecular complexity index is 1340. The number of esters is 2. The summed E-state index contributed by atoms with van der Waals surface area (Å²) in [4.78, 5) is 45.0. The standard InChI is InChI=1S/C30H30N4O4/c1-7-17-37-29(35)27-19(3)31-23-13-9-11-15-25(23)33-21(5)28(30(36)38-18-8-2)22(6)34-26-16-12-10-14-24(26)32-20(27)4/h7-16H,1-2,17-18H2,3-6H3. The minimum Gasteiger partial charge on any atom is -0.458 e. The molecule has 0 fully saturated rings. The van der Waals surface area contributed by atoms with Crippen LogP contribution in [0, 0.1) is 27.7 Å². The fourth-order valence-corrected chi connectivity index (χ4v) is 3.78. The van der Waals surface area contributed by atoms with Gasteiger partial charge in [0.2, 0.25) is 0 Å². The predicted octanol–water partition coefficient (Wildman–Crippen LogP) is 5.74. The Labute approximate surface area is 221 Å². The maximum absolute atomic E-state index is 13.1. The number of aromatic nitrogens is 4. The molecule has 0 spiro atoms. The van der Waals surface area contributed by atoms with Gasteiger partial charge in [-0.2, -0.15) is 0 Å². The van der Waals surface area contributed by atoms with E-state index in [9.17, 15) is 9.59 Å². The molecule has 0 unspecified atom stereocenters. The fraction of sp³-hybridized carbons (Fsp3) is 0.200. The van der Waals surface area contributed by atoms with Crippen LogP contribution in [-0.4, -0.2) is 45.1 Å². The van der Waals surface area contributed by atoms with E-state index in [1.807, 2.05) is 24.3 Å². The molecular weight excluding hydrogens is 480 g/mol. The minimum atomic E-state index is -0.575. The summed E-state index contributed by atoms with van der Waals surface area (Å²) in [6.45, 7) is 14.2. The van der Waals surface area contributed by atoms with Crippen molar-refractivity contribution in [1.82, 2.24) is 19.9 Å². The van der Waals surface area contributed by atoms with E-state index in [2.05, 4.69) is 13.2 Å². The third-order valence-electron chi connectivity index (χ3n) is 5.44. The Morgan fingerprint density at radius 1 is 0.605 bits per heavy atom. The molecule has 0 radical (unpaired) electrons. The van der Waals surface area contributed by atoms with Crippen molar-refractivity contribution in [1.29, 1.82) is 0 Å². The van der Waals surface area contributed by atoms with Crippen LogP contribution < -0.4 is 0 Å². The van der Waals surface area contributed by atoms with Crippen LogP contribution in [0.2, 0.25) is 0 Å². The summed E-state index contributed by atoms with van der Waals surface area (Å²) in [5, 5.41) is 0. The topological polar surface area (TPSA) is 104 Å². The van der Waals surface area contributed by atoms with Crippen LogP contribution in [0.1, 0.15) is 43.5 Å². The average molecular weight is 511 g/mol. The molecular formula is C30H30N4O4. The minimum absolute atomic E-state index is 0.0452. The monoisotopic (exact) mass is 510 g/mol. The Kier molecular flexibility index (Phi) is 9.54. The van der Waals surface area contributed by atoms with Gasteiger partial charge in [0.05, 0.1) is 44.8 Å². The molecule has 0 N–H and O–H groups in total. The molecule has 1 aromatic heterocycles. The van der Waals surface area contributed by atoms with E-state index in [1.54, 1.807) is 52.0 Å². The molecule has 0 aliphatic carbocycles. The number of hydrogen-bond acceptors (Lipinski definition) is 8. The zero-order valence-corrected chi connectivity index (χ0v) is 22.0. The number of carbonyl (C=O) groups excluding carboxylic acids is 2. The highest BCUT2D eigenvalue weighted by Crippen LogP contribution is 2.16. The largest absolute Gasteiger partial charge is 0.458 e. The normalized spacial score (nSPS) is 10.2. The van der Waals surface area contributed by atoms with E-state index >= 15 is 0 Å². The molecule has 38 heavy (non-hydrogen) atoms. The second-order valence-electron chi connectivity index (χ2n) is 8.29. The number of ether oxygens (including phenoxy) is 2. The number of fused-ring (bicyclic) bond motifs is 2.